The lowest BCUT2D eigenvalue weighted by molar-refractivity contribution is 0.102. The standard InChI is InChI=1S/C17H19NO3/c1-17(2,3)11-4-6-12(7-5-11)18-16(21)14-9-8-13(19)10-15(14)20/h4-10,19-20H,1-3H3,(H,18,21). The molecule has 0 aliphatic heterocycles. The zero-order chi connectivity index (χ0) is 15.6. The molecule has 0 saturated heterocycles. The zero-order valence-corrected chi connectivity index (χ0v) is 12.3. The van der Waals surface area contributed by atoms with Gasteiger partial charge in [-0.3, -0.25) is 4.79 Å². The third-order valence-electron chi connectivity index (χ3n) is 3.23. The molecule has 2 aromatic rings. The van der Waals surface area contributed by atoms with Gasteiger partial charge in [-0.1, -0.05) is 32.9 Å². The Labute approximate surface area is 124 Å². The van der Waals surface area contributed by atoms with Gasteiger partial charge in [-0.25, -0.2) is 0 Å². The highest BCUT2D eigenvalue weighted by atomic mass is 16.3. The van der Waals surface area contributed by atoms with Gasteiger partial charge in [-0.15, -0.1) is 0 Å². The van der Waals surface area contributed by atoms with E-state index in [4.69, 9.17) is 0 Å². The fourth-order valence-corrected chi connectivity index (χ4v) is 1.96. The van der Waals surface area contributed by atoms with Gasteiger partial charge in [-0.05, 0) is 35.2 Å². The van der Waals surface area contributed by atoms with E-state index in [-0.39, 0.29) is 22.5 Å². The topological polar surface area (TPSA) is 69.6 Å². The van der Waals surface area contributed by atoms with Crippen LogP contribution in [0.15, 0.2) is 42.5 Å². The average molecular weight is 285 g/mol. The van der Waals surface area contributed by atoms with Gasteiger partial charge in [0.15, 0.2) is 0 Å². The van der Waals surface area contributed by atoms with Gasteiger partial charge in [-0.2, -0.15) is 0 Å². The minimum atomic E-state index is -0.420. The Bertz CT molecular complexity index is 655. The predicted octanol–water partition coefficient (Wildman–Crippen LogP) is 3.65. The van der Waals surface area contributed by atoms with Gasteiger partial charge >= 0.3 is 0 Å². The highest BCUT2D eigenvalue weighted by Crippen LogP contribution is 2.25. The number of aromatic hydroxyl groups is 2. The number of phenolic OH excluding ortho intramolecular Hbond substituents is 2. The summed E-state index contributed by atoms with van der Waals surface area (Å²) in [6.45, 7) is 6.36. The van der Waals surface area contributed by atoms with Crippen LogP contribution in [0, 0.1) is 0 Å². The summed E-state index contributed by atoms with van der Waals surface area (Å²) in [5.41, 5.74) is 2.00. The van der Waals surface area contributed by atoms with E-state index >= 15 is 0 Å². The van der Waals surface area contributed by atoms with E-state index in [1.54, 1.807) is 0 Å². The third-order valence-corrected chi connectivity index (χ3v) is 3.23. The Morgan fingerprint density at radius 2 is 1.62 bits per heavy atom. The summed E-state index contributed by atoms with van der Waals surface area (Å²) in [5, 5.41) is 21.6. The molecule has 0 heterocycles. The van der Waals surface area contributed by atoms with Crippen molar-refractivity contribution in [3.63, 3.8) is 0 Å². The van der Waals surface area contributed by atoms with E-state index in [2.05, 4.69) is 26.1 Å². The first-order valence-electron chi connectivity index (χ1n) is 6.71. The van der Waals surface area contributed by atoms with Crippen molar-refractivity contribution in [3.8, 4) is 11.5 Å². The van der Waals surface area contributed by atoms with Crippen LogP contribution in [-0.2, 0) is 5.41 Å². The molecule has 2 aromatic carbocycles. The molecule has 110 valence electrons. The lowest BCUT2D eigenvalue weighted by Crippen LogP contribution is -2.13. The van der Waals surface area contributed by atoms with Crippen molar-refractivity contribution in [2.45, 2.75) is 26.2 Å². The molecule has 0 aromatic heterocycles. The largest absolute Gasteiger partial charge is 0.508 e. The molecule has 0 radical (unpaired) electrons. The zero-order valence-electron chi connectivity index (χ0n) is 12.3. The van der Waals surface area contributed by atoms with E-state index in [1.165, 1.54) is 17.7 Å². The van der Waals surface area contributed by atoms with Gasteiger partial charge in [0, 0.05) is 11.8 Å². The lowest BCUT2D eigenvalue weighted by atomic mass is 9.87. The van der Waals surface area contributed by atoms with E-state index in [0.29, 0.717) is 5.69 Å². The van der Waals surface area contributed by atoms with Crippen LogP contribution >= 0.6 is 0 Å². The molecule has 4 heteroatoms. The molecule has 2 rings (SSSR count). The number of rotatable bonds is 2. The van der Waals surface area contributed by atoms with E-state index < -0.39 is 5.91 Å². The second kappa shape index (κ2) is 5.48. The third kappa shape index (κ3) is 3.54. The van der Waals surface area contributed by atoms with E-state index in [1.807, 2.05) is 24.3 Å². The number of anilines is 1. The van der Waals surface area contributed by atoms with Crippen molar-refractivity contribution < 1.29 is 15.0 Å². The fraction of sp³-hybridized carbons (Fsp3) is 0.235. The van der Waals surface area contributed by atoms with Crippen LogP contribution in [0.3, 0.4) is 0 Å². The first-order chi connectivity index (χ1) is 9.77. The van der Waals surface area contributed by atoms with Crippen LogP contribution in [0.1, 0.15) is 36.7 Å². The molecule has 3 N–H and O–H groups in total. The van der Waals surface area contributed by atoms with Gasteiger partial charge in [0.2, 0.25) is 0 Å². The number of phenols is 2. The van der Waals surface area contributed by atoms with Crippen LogP contribution in [0.2, 0.25) is 0 Å². The quantitative estimate of drug-likeness (QED) is 0.789. The summed E-state index contributed by atoms with van der Waals surface area (Å²) >= 11 is 0. The lowest BCUT2D eigenvalue weighted by Gasteiger charge is -2.19. The number of nitrogens with one attached hydrogen (secondary N) is 1. The highest BCUT2D eigenvalue weighted by molar-refractivity contribution is 6.06. The maximum atomic E-state index is 12.1. The molecule has 0 fully saturated rings. The molecule has 0 spiro atoms. The molecule has 0 saturated carbocycles. The number of carbonyl (C=O) groups is 1. The summed E-state index contributed by atoms with van der Waals surface area (Å²) in [5.74, 6) is -0.756. The van der Waals surface area contributed by atoms with Gasteiger partial charge in [0.25, 0.3) is 5.91 Å². The Kier molecular flexibility index (Phi) is 3.89. The first kappa shape index (κ1) is 14.9. The Morgan fingerprint density at radius 1 is 1.00 bits per heavy atom. The summed E-state index contributed by atoms with van der Waals surface area (Å²) < 4.78 is 0. The van der Waals surface area contributed by atoms with Gasteiger partial charge < -0.3 is 15.5 Å². The van der Waals surface area contributed by atoms with Crippen LogP contribution in [0.4, 0.5) is 5.69 Å². The summed E-state index contributed by atoms with van der Waals surface area (Å²) in [6.07, 6.45) is 0. The maximum absolute atomic E-state index is 12.1. The summed E-state index contributed by atoms with van der Waals surface area (Å²) in [4.78, 5) is 12.1. The second-order valence-electron chi connectivity index (χ2n) is 5.98. The van der Waals surface area contributed by atoms with E-state index in [9.17, 15) is 15.0 Å². The van der Waals surface area contributed by atoms with Gasteiger partial charge in [0.05, 0.1) is 5.56 Å². The van der Waals surface area contributed by atoms with Crippen LogP contribution in [0.25, 0.3) is 0 Å². The normalized spacial score (nSPS) is 11.2. The summed E-state index contributed by atoms with van der Waals surface area (Å²) in [6, 6.07) is 11.5. The molecule has 0 aliphatic carbocycles. The Hall–Kier alpha value is -2.49. The molecular formula is C17H19NO3. The first-order valence-corrected chi connectivity index (χ1v) is 6.71. The molecule has 21 heavy (non-hydrogen) atoms. The molecule has 0 bridgehead atoms. The highest BCUT2D eigenvalue weighted by Gasteiger charge is 2.14. The molecular weight excluding hydrogens is 266 g/mol. The number of carbonyl (C=O) groups excluding carboxylic acids is 1. The molecule has 0 unspecified atom stereocenters. The molecule has 1 amide bonds. The van der Waals surface area contributed by atoms with Crippen molar-refractivity contribution >= 4 is 11.6 Å². The minimum Gasteiger partial charge on any atom is -0.508 e. The number of benzene rings is 2. The predicted molar refractivity (Wildman–Crippen MR) is 82.9 cm³/mol. The van der Waals surface area contributed by atoms with E-state index in [0.717, 1.165) is 6.07 Å². The van der Waals surface area contributed by atoms with Crippen molar-refractivity contribution in [1.82, 2.24) is 0 Å². The molecule has 4 nitrogen and oxygen atoms in total. The van der Waals surface area contributed by atoms with Gasteiger partial charge in [0.1, 0.15) is 11.5 Å². The summed E-state index contributed by atoms with van der Waals surface area (Å²) in [7, 11) is 0. The molecule has 0 atom stereocenters. The van der Waals surface area contributed by atoms with Crippen molar-refractivity contribution in [3.05, 3.63) is 53.6 Å². The average Bonchev–Trinajstić information content (AvgIpc) is 2.38. The van der Waals surface area contributed by atoms with Crippen LogP contribution in [-0.4, -0.2) is 16.1 Å². The Balaban J connectivity index is 2.16. The smallest absolute Gasteiger partial charge is 0.259 e. The maximum Gasteiger partial charge on any atom is 0.259 e. The van der Waals surface area contributed by atoms with Crippen LogP contribution < -0.4 is 5.32 Å². The van der Waals surface area contributed by atoms with Crippen molar-refractivity contribution in [2.75, 3.05) is 5.32 Å². The number of amides is 1. The monoisotopic (exact) mass is 285 g/mol. The number of hydrogen-bond acceptors (Lipinski definition) is 3. The minimum absolute atomic E-state index is 0.0533. The SMILES string of the molecule is CC(C)(C)c1ccc(NC(=O)c2ccc(O)cc2O)cc1. The Morgan fingerprint density at radius 3 is 2.14 bits per heavy atom. The second-order valence-corrected chi connectivity index (χ2v) is 5.98. The van der Waals surface area contributed by atoms with Crippen molar-refractivity contribution in [2.24, 2.45) is 0 Å². The fourth-order valence-electron chi connectivity index (χ4n) is 1.96. The number of hydrogen-bond donors (Lipinski definition) is 3. The van der Waals surface area contributed by atoms with Crippen LogP contribution in [0.5, 0.6) is 11.5 Å². The van der Waals surface area contributed by atoms with Crippen molar-refractivity contribution in [1.29, 1.82) is 0 Å². The molecule has 0 aliphatic rings.